The highest BCUT2D eigenvalue weighted by Gasteiger charge is 2.38. The Labute approximate surface area is 91.9 Å². The van der Waals surface area contributed by atoms with E-state index in [4.69, 9.17) is 19.7 Å². The Balaban J connectivity index is 2.16. The monoisotopic (exact) mass is 227 g/mol. The quantitative estimate of drug-likeness (QED) is 0.715. The first-order valence-electron chi connectivity index (χ1n) is 5.03. The summed E-state index contributed by atoms with van der Waals surface area (Å²) in [5.74, 6) is -0.498. The van der Waals surface area contributed by atoms with Crippen molar-refractivity contribution < 1.29 is 18.8 Å². The number of hydrogen-bond acceptors (Lipinski definition) is 7. The summed E-state index contributed by atoms with van der Waals surface area (Å²) in [6.07, 6.45) is 0.595. The van der Waals surface area contributed by atoms with Crippen molar-refractivity contribution in [1.29, 1.82) is 0 Å². The Morgan fingerprint density at radius 1 is 1.69 bits per heavy atom. The summed E-state index contributed by atoms with van der Waals surface area (Å²) in [4.78, 5) is 15.2. The fraction of sp³-hybridized carbons (Fsp3) is 0.667. The number of aromatic nitrogens is 2. The number of rotatable bonds is 3. The minimum atomic E-state index is -0.780. The second-order valence-electron chi connectivity index (χ2n) is 3.60. The largest absolute Gasteiger partial charge is 0.460 e. The molecule has 0 radical (unpaired) electrons. The number of hydrogen-bond donors (Lipinski definition) is 1. The molecule has 2 rings (SSSR count). The van der Waals surface area contributed by atoms with Gasteiger partial charge in [-0.2, -0.15) is 4.98 Å². The van der Waals surface area contributed by atoms with Crippen LogP contribution in [-0.4, -0.2) is 35.9 Å². The van der Waals surface area contributed by atoms with Gasteiger partial charge in [0, 0.05) is 6.61 Å². The van der Waals surface area contributed by atoms with Gasteiger partial charge in [-0.1, -0.05) is 0 Å². The van der Waals surface area contributed by atoms with Gasteiger partial charge in [0.15, 0.2) is 0 Å². The fourth-order valence-corrected chi connectivity index (χ4v) is 1.45. The maximum Gasteiger partial charge on any atom is 0.379 e. The van der Waals surface area contributed by atoms with E-state index in [9.17, 15) is 4.79 Å². The lowest BCUT2D eigenvalue weighted by atomic mass is 10.0. The van der Waals surface area contributed by atoms with Gasteiger partial charge in [-0.15, -0.1) is 0 Å². The van der Waals surface area contributed by atoms with Crippen molar-refractivity contribution in [3.05, 3.63) is 11.7 Å². The number of carbonyl (C=O) groups excluding carboxylic acids is 1. The molecule has 0 saturated carbocycles. The molecular weight excluding hydrogens is 214 g/mol. The van der Waals surface area contributed by atoms with E-state index in [0.717, 1.165) is 0 Å². The lowest BCUT2D eigenvalue weighted by Gasteiger charge is -2.14. The Kier molecular flexibility index (Phi) is 2.88. The van der Waals surface area contributed by atoms with Crippen LogP contribution in [0.15, 0.2) is 4.52 Å². The first-order chi connectivity index (χ1) is 7.65. The molecule has 16 heavy (non-hydrogen) atoms. The summed E-state index contributed by atoms with van der Waals surface area (Å²) in [7, 11) is 0. The average Bonchev–Trinajstić information content (AvgIpc) is 2.86. The molecule has 1 unspecified atom stereocenters. The lowest BCUT2D eigenvalue weighted by Crippen LogP contribution is -2.37. The number of carbonyl (C=O) groups is 1. The molecular formula is C9H13N3O4. The highest BCUT2D eigenvalue weighted by atomic mass is 16.5. The molecule has 1 atom stereocenters. The highest BCUT2D eigenvalue weighted by Crippen LogP contribution is 2.26. The van der Waals surface area contributed by atoms with E-state index in [1.807, 2.05) is 0 Å². The molecule has 7 nitrogen and oxygen atoms in total. The van der Waals surface area contributed by atoms with Crippen molar-refractivity contribution in [3.8, 4) is 0 Å². The van der Waals surface area contributed by atoms with Crippen LogP contribution in [0, 0.1) is 0 Å². The summed E-state index contributed by atoms with van der Waals surface area (Å²) >= 11 is 0. The number of nitrogens with two attached hydrogens (primary N) is 1. The van der Waals surface area contributed by atoms with E-state index in [1.54, 1.807) is 6.92 Å². The molecule has 1 aromatic heterocycles. The zero-order valence-electron chi connectivity index (χ0n) is 8.93. The average molecular weight is 227 g/mol. The topological polar surface area (TPSA) is 100 Å². The Morgan fingerprint density at radius 3 is 3.12 bits per heavy atom. The zero-order valence-corrected chi connectivity index (χ0v) is 8.93. The van der Waals surface area contributed by atoms with E-state index < -0.39 is 11.5 Å². The Hall–Kier alpha value is -1.47. The molecule has 2 heterocycles. The van der Waals surface area contributed by atoms with Crippen LogP contribution in [0.1, 0.15) is 29.9 Å². The molecule has 88 valence electrons. The fourth-order valence-electron chi connectivity index (χ4n) is 1.45. The van der Waals surface area contributed by atoms with Crippen LogP contribution < -0.4 is 5.73 Å². The van der Waals surface area contributed by atoms with Gasteiger partial charge in [-0.25, -0.2) is 4.79 Å². The van der Waals surface area contributed by atoms with Crippen LogP contribution in [0.3, 0.4) is 0 Å². The minimum Gasteiger partial charge on any atom is -0.460 e. The number of nitrogens with zero attached hydrogens (tertiary/aromatic N) is 2. The molecule has 0 aromatic carbocycles. The minimum absolute atomic E-state index is 0.103. The molecule has 0 aliphatic carbocycles. The normalized spacial score (nSPS) is 24.6. The summed E-state index contributed by atoms with van der Waals surface area (Å²) in [6, 6.07) is 0. The molecule has 0 bridgehead atoms. The van der Waals surface area contributed by atoms with Crippen LogP contribution >= 0.6 is 0 Å². The first-order valence-corrected chi connectivity index (χ1v) is 5.03. The van der Waals surface area contributed by atoms with Crippen LogP contribution in [0.2, 0.25) is 0 Å². The molecule has 7 heteroatoms. The predicted octanol–water partition coefficient (Wildman–Crippen LogP) is -0.179. The van der Waals surface area contributed by atoms with Gasteiger partial charge in [0.25, 0.3) is 5.82 Å². The molecule has 0 spiro atoms. The van der Waals surface area contributed by atoms with Crippen molar-refractivity contribution in [3.63, 3.8) is 0 Å². The van der Waals surface area contributed by atoms with Gasteiger partial charge in [-0.3, -0.25) is 0 Å². The van der Waals surface area contributed by atoms with Crippen molar-refractivity contribution in [2.45, 2.75) is 18.9 Å². The number of ether oxygens (including phenoxy) is 2. The Morgan fingerprint density at radius 2 is 2.50 bits per heavy atom. The number of esters is 1. The van der Waals surface area contributed by atoms with Crippen molar-refractivity contribution in [2.75, 3.05) is 19.8 Å². The SMILES string of the molecule is CCOC(=O)c1noc(C2(N)CCOC2)n1. The van der Waals surface area contributed by atoms with E-state index in [1.165, 1.54) is 0 Å². The first kappa shape index (κ1) is 11.0. The van der Waals surface area contributed by atoms with Crippen LogP contribution in [-0.2, 0) is 15.0 Å². The van der Waals surface area contributed by atoms with E-state index in [0.29, 0.717) is 19.6 Å². The predicted molar refractivity (Wildman–Crippen MR) is 51.6 cm³/mol. The lowest BCUT2D eigenvalue weighted by molar-refractivity contribution is 0.0508. The third-order valence-electron chi connectivity index (χ3n) is 2.36. The van der Waals surface area contributed by atoms with E-state index in [-0.39, 0.29) is 18.3 Å². The van der Waals surface area contributed by atoms with Crippen LogP contribution in [0.25, 0.3) is 0 Å². The molecule has 1 aliphatic rings. The smallest absolute Gasteiger partial charge is 0.379 e. The third kappa shape index (κ3) is 1.91. The Bertz CT molecular complexity index is 384. The second-order valence-corrected chi connectivity index (χ2v) is 3.60. The maximum absolute atomic E-state index is 11.3. The zero-order chi connectivity index (χ0) is 11.6. The van der Waals surface area contributed by atoms with Crippen molar-refractivity contribution in [2.24, 2.45) is 5.73 Å². The maximum atomic E-state index is 11.3. The molecule has 1 aliphatic heterocycles. The van der Waals surface area contributed by atoms with Gasteiger partial charge in [0.05, 0.1) is 13.2 Å². The van der Waals surface area contributed by atoms with Gasteiger partial charge in [0.1, 0.15) is 5.54 Å². The second kappa shape index (κ2) is 4.18. The molecule has 2 N–H and O–H groups in total. The summed E-state index contributed by atoms with van der Waals surface area (Å²) in [6.45, 7) is 2.83. The van der Waals surface area contributed by atoms with Gasteiger partial charge < -0.3 is 19.7 Å². The van der Waals surface area contributed by atoms with Crippen LogP contribution in [0.4, 0.5) is 0 Å². The molecule has 1 aromatic rings. The highest BCUT2D eigenvalue weighted by molar-refractivity contribution is 5.84. The molecule has 0 amide bonds. The van der Waals surface area contributed by atoms with E-state index in [2.05, 4.69) is 10.1 Å². The molecule has 1 saturated heterocycles. The summed E-state index contributed by atoms with van der Waals surface area (Å²) in [5.41, 5.74) is 5.21. The molecule has 1 fully saturated rings. The van der Waals surface area contributed by atoms with Crippen LogP contribution in [0.5, 0.6) is 0 Å². The van der Waals surface area contributed by atoms with Gasteiger partial charge in [0.2, 0.25) is 5.89 Å². The van der Waals surface area contributed by atoms with Gasteiger partial charge >= 0.3 is 5.97 Å². The van der Waals surface area contributed by atoms with E-state index >= 15 is 0 Å². The van der Waals surface area contributed by atoms with Crippen molar-refractivity contribution in [1.82, 2.24) is 10.1 Å². The van der Waals surface area contributed by atoms with Crippen molar-refractivity contribution >= 4 is 5.97 Å². The summed E-state index contributed by atoms with van der Waals surface area (Å²) < 4.78 is 14.9. The standard InChI is InChI=1S/C9H13N3O4/c1-2-15-7(13)6-11-8(16-12-6)9(10)3-4-14-5-9/h2-5,10H2,1H3. The summed E-state index contributed by atoms with van der Waals surface area (Å²) in [5, 5.41) is 3.53. The van der Waals surface area contributed by atoms with Gasteiger partial charge in [-0.05, 0) is 18.5 Å². The third-order valence-corrected chi connectivity index (χ3v) is 2.36.